The highest BCUT2D eigenvalue weighted by molar-refractivity contribution is 6.17. The first kappa shape index (κ1) is 13.6. The lowest BCUT2D eigenvalue weighted by atomic mass is 10.2. The van der Waals surface area contributed by atoms with Crippen molar-refractivity contribution >= 4 is 11.6 Å². The summed E-state index contributed by atoms with van der Waals surface area (Å²) in [7, 11) is 0. The molecule has 0 amide bonds. The summed E-state index contributed by atoms with van der Waals surface area (Å²) in [5.41, 5.74) is 1.15. The molecular weight excluding hydrogens is 293 g/mol. The second-order valence-electron chi connectivity index (χ2n) is 4.26. The van der Waals surface area contributed by atoms with Crippen LogP contribution in [0.5, 0.6) is 11.8 Å². The maximum absolute atomic E-state index is 13.6. The molecule has 0 unspecified atom stereocenters. The van der Waals surface area contributed by atoms with Gasteiger partial charge in [-0.2, -0.15) is 4.98 Å². The monoisotopic (exact) mass is 303 g/mol. The Morgan fingerprint density at radius 2 is 1.90 bits per heavy atom. The zero-order valence-corrected chi connectivity index (χ0v) is 11.7. The van der Waals surface area contributed by atoms with Crippen LogP contribution in [0.1, 0.15) is 5.56 Å². The normalized spacial score (nSPS) is 10.6. The van der Waals surface area contributed by atoms with Gasteiger partial charge in [-0.25, -0.2) is 9.07 Å². The quantitative estimate of drug-likeness (QED) is 0.685. The minimum absolute atomic E-state index is 0.0153. The van der Waals surface area contributed by atoms with Crippen LogP contribution in [-0.2, 0) is 5.88 Å². The molecule has 6 heteroatoms. The number of halogens is 2. The number of nitrogens with zero attached hydrogens (tertiary/aromatic N) is 3. The van der Waals surface area contributed by atoms with Crippen molar-refractivity contribution in [2.45, 2.75) is 5.88 Å². The molecule has 0 aliphatic rings. The number of benzene rings is 2. The van der Waals surface area contributed by atoms with Gasteiger partial charge in [0.2, 0.25) is 0 Å². The van der Waals surface area contributed by atoms with Gasteiger partial charge in [-0.3, -0.25) is 0 Å². The minimum Gasteiger partial charge on any atom is -0.423 e. The predicted octanol–water partition coefficient (Wildman–Crippen LogP) is 3.94. The summed E-state index contributed by atoms with van der Waals surface area (Å²) < 4.78 is 20.7. The zero-order chi connectivity index (χ0) is 14.7. The Bertz CT molecular complexity index is 746. The van der Waals surface area contributed by atoms with Crippen LogP contribution in [0.4, 0.5) is 4.39 Å². The summed E-state index contributed by atoms with van der Waals surface area (Å²) in [6, 6.07) is 14.1. The molecule has 0 bridgehead atoms. The van der Waals surface area contributed by atoms with Crippen molar-refractivity contribution in [1.29, 1.82) is 0 Å². The van der Waals surface area contributed by atoms with E-state index in [1.54, 1.807) is 16.8 Å². The Morgan fingerprint density at radius 1 is 1.10 bits per heavy atom. The minimum atomic E-state index is -0.412. The topological polar surface area (TPSA) is 39.9 Å². The van der Waals surface area contributed by atoms with Gasteiger partial charge >= 0.3 is 6.01 Å². The number of ether oxygens (including phenoxy) is 1. The van der Waals surface area contributed by atoms with Gasteiger partial charge in [0.25, 0.3) is 0 Å². The fourth-order valence-corrected chi connectivity index (χ4v) is 2.12. The SMILES string of the molecule is Fc1cccc(Oc2ncn(-c3ccccc3)n2)c1CCl. The highest BCUT2D eigenvalue weighted by Crippen LogP contribution is 2.26. The van der Waals surface area contributed by atoms with Crippen LogP contribution in [0, 0.1) is 5.82 Å². The molecule has 0 spiro atoms. The molecule has 0 atom stereocenters. The Kier molecular flexibility index (Phi) is 3.83. The molecule has 2 aromatic carbocycles. The van der Waals surface area contributed by atoms with Crippen molar-refractivity contribution in [3.63, 3.8) is 0 Å². The summed E-state index contributed by atoms with van der Waals surface area (Å²) >= 11 is 5.74. The molecule has 106 valence electrons. The lowest BCUT2D eigenvalue weighted by Gasteiger charge is -2.06. The Hall–Kier alpha value is -2.40. The van der Waals surface area contributed by atoms with E-state index in [9.17, 15) is 4.39 Å². The Labute approximate surface area is 125 Å². The first-order valence-electron chi connectivity index (χ1n) is 6.26. The standard InChI is InChI=1S/C15H11ClFN3O/c16-9-12-13(17)7-4-8-14(12)21-15-18-10-20(19-15)11-5-2-1-3-6-11/h1-8,10H,9H2. The summed E-state index contributed by atoms with van der Waals surface area (Å²) in [4.78, 5) is 4.06. The van der Waals surface area contributed by atoms with Crippen LogP contribution in [0.2, 0.25) is 0 Å². The molecule has 0 fully saturated rings. The van der Waals surface area contributed by atoms with Gasteiger partial charge in [-0.05, 0) is 24.3 Å². The Morgan fingerprint density at radius 3 is 2.67 bits per heavy atom. The first-order chi connectivity index (χ1) is 10.3. The lowest BCUT2D eigenvalue weighted by Crippen LogP contribution is -1.96. The van der Waals surface area contributed by atoms with Crippen LogP contribution in [0.15, 0.2) is 54.9 Å². The fourth-order valence-electron chi connectivity index (χ4n) is 1.86. The average Bonchev–Trinajstić information content (AvgIpc) is 2.97. The molecule has 0 saturated carbocycles. The van der Waals surface area contributed by atoms with Crippen molar-refractivity contribution in [2.24, 2.45) is 0 Å². The molecular formula is C15H11ClFN3O. The molecule has 21 heavy (non-hydrogen) atoms. The molecule has 3 aromatic rings. The highest BCUT2D eigenvalue weighted by Gasteiger charge is 2.12. The molecule has 4 nitrogen and oxygen atoms in total. The van der Waals surface area contributed by atoms with E-state index >= 15 is 0 Å². The summed E-state index contributed by atoms with van der Waals surface area (Å²) in [5.74, 6) is -0.0812. The van der Waals surface area contributed by atoms with Crippen molar-refractivity contribution in [2.75, 3.05) is 0 Å². The van der Waals surface area contributed by atoms with E-state index in [0.29, 0.717) is 5.75 Å². The van der Waals surface area contributed by atoms with Crippen LogP contribution in [0.3, 0.4) is 0 Å². The number of alkyl halides is 1. The number of hydrogen-bond donors (Lipinski definition) is 0. The van der Waals surface area contributed by atoms with E-state index < -0.39 is 5.82 Å². The molecule has 0 aliphatic carbocycles. The number of aromatic nitrogens is 3. The molecule has 0 N–H and O–H groups in total. The summed E-state index contributed by atoms with van der Waals surface area (Å²) in [6.07, 6.45) is 1.53. The summed E-state index contributed by atoms with van der Waals surface area (Å²) in [6.45, 7) is 0. The van der Waals surface area contributed by atoms with Crippen LogP contribution in [-0.4, -0.2) is 14.8 Å². The van der Waals surface area contributed by atoms with Gasteiger partial charge in [0.1, 0.15) is 17.9 Å². The molecule has 0 aliphatic heterocycles. The van der Waals surface area contributed by atoms with Crippen molar-refractivity contribution in [3.05, 3.63) is 66.2 Å². The third kappa shape index (κ3) is 2.87. The maximum Gasteiger partial charge on any atom is 0.341 e. The lowest BCUT2D eigenvalue weighted by molar-refractivity contribution is 0.432. The van der Waals surface area contributed by atoms with Crippen molar-refractivity contribution < 1.29 is 9.13 Å². The molecule has 0 saturated heterocycles. The van der Waals surface area contributed by atoms with Gasteiger partial charge in [0.15, 0.2) is 0 Å². The van der Waals surface area contributed by atoms with Crippen LogP contribution in [0.25, 0.3) is 5.69 Å². The van der Waals surface area contributed by atoms with Crippen LogP contribution >= 0.6 is 11.6 Å². The van der Waals surface area contributed by atoms with E-state index in [1.807, 2.05) is 30.3 Å². The third-order valence-corrected chi connectivity index (χ3v) is 3.17. The maximum atomic E-state index is 13.6. The fraction of sp³-hybridized carbons (Fsp3) is 0.0667. The van der Waals surface area contributed by atoms with E-state index in [1.165, 1.54) is 12.4 Å². The van der Waals surface area contributed by atoms with Gasteiger partial charge in [0, 0.05) is 5.56 Å². The molecule has 1 aromatic heterocycles. The van der Waals surface area contributed by atoms with Crippen molar-refractivity contribution in [1.82, 2.24) is 14.8 Å². The van der Waals surface area contributed by atoms with E-state index in [4.69, 9.17) is 16.3 Å². The summed E-state index contributed by atoms with van der Waals surface area (Å²) in [5, 5.41) is 4.20. The van der Waals surface area contributed by atoms with Gasteiger partial charge in [-0.1, -0.05) is 24.3 Å². The van der Waals surface area contributed by atoms with Gasteiger partial charge in [0.05, 0.1) is 11.6 Å². The highest BCUT2D eigenvalue weighted by atomic mass is 35.5. The zero-order valence-electron chi connectivity index (χ0n) is 10.9. The number of hydrogen-bond acceptors (Lipinski definition) is 3. The smallest absolute Gasteiger partial charge is 0.341 e. The number of para-hydroxylation sites is 1. The Balaban J connectivity index is 1.87. The van der Waals surface area contributed by atoms with E-state index in [0.717, 1.165) is 5.69 Å². The third-order valence-electron chi connectivity index (χ3n) is 2.90. The molecule has 1 heterocycles. The average molecular weight is 304 g/mol. The molecule has 3 rings (SSSR count). The number of rotatable bonds is 4. The second kappa shape index (κ2) is 5.93. The predicted molar refractivity (Wildman–Crippen MR) is 77.4 cm³/mol. The molecule has 0 radical (unpaired) electrons. The first-order valence-corrected chi connectivity index (χ1v) is 6.79. The van der Waals surface area contributed by atoms with Gasteiger partial charge < -0.3 is 4.74 Å². The van der Waals surface area contributed by atoms with Crippen LogP contribution < -0.4 is 4.74 Å². The van der Waals surface area contributed by atoms with E-state index in [2.05, 4.69) is 10.1 Å². The van der Waals surface area contributed by atoms with Gasteiger partial charge in [-0.15, -0.1) is 16.7 Å². The van der Waals surface area contributed by atoms with E-state index in [-0.39, 0.29) is 17.5 Å². The largest absolute Gasteiger partial charge is 0.423 e. The van der Waals surface area contributed by atoms with Crippen molar-refractivity contribution in [3.8, 4) is 17.4 Å². The second-order valence-corrected chi connectivity index (χ2v) is 4.53.